The summed E-state index contributed by atoms with van der Waals surface area (Å²) in [5.74, 6) is 0. The summed E-state index contributed by atoms with van der Waals surface area (Å²) in [6.07, 6.45) is 0. The van der Waals surface area contributed by atoms with Gasteiger partial charge in [-0.25, -0.2) is 0 Å². The average molecular weight is 102 g/mol. The van der Waals surface area contributed by atoms with Crippen molar-refractivity contribution < 1.29 is 33.8 Å². The second-order valence-electron chi connectivity index (χ2n) is 0. The van der Waals surface area contributed by atoms with Crippen molar-refractivity contribution in [1.29, 1.82) is 0 Å². The first-order valence-electron chi connectivity index (χ1n) is 0. The molecule has 0 atom stereocenters. The van der Waals surface area contributed by atoms with Crippen LogP contribution in [0.1, 0.15) is 0 Å². The van der Waals surface area contributed by atoms with Gasteiger partial charge in [-0.15, -0.1) is 0 Å². The third-order valence-electron chi connectivity index (χ3n) is 0. The molecule has 0 aliphatic rings. The van der Waals surface area contributed by atoms with E-state index < -0.39 is 0 Å². The Labute approximate surface area is 34.7 Å². The van der Waals surface area contributed by atoms with E-state index in [1.807, 2.05) is 0 Å². The molecule has 0 aromatic heterocycles. The molecule has 0 amide bonds. The van der Waals surface area contributed by atoms with E-state index in [-0.39, 0.29) is 33.8 Å². The molecule has 2 N–H and O–H groups in total. The molecular weight excluding hydrogens is 100.0 g/mol. The summed E-state index contributed by atoms with van der Waals surface area (Å²) < 4.78 is 0. The van der Waals surface area contributed by atoms with Crippen LogP contribution in [0.3, 0.4) is 0 Å². The summed E-state index contributed by atoms with van der Waals surface area (Å²) >= 11 is 0. The van der Waals surface area contributed by atoms with Crippen molar-refractivity contribution in [1.82, 2.24) is 0 Å². The van der Waals surface area contributed by atoms with E-state index in [4.69, 9.17) is 0 Å². The molecule has 0 heterocycles. The average Bonchev–Trinajstić information content (AvgIpc) is 0. The zero-order valence-electron chi connectivity index (χ0n) is 1.72. The monoisotopic (exact) mass is 102 g/mol. The van der Waals surface area contributed by atoms with Gasteiger partial charge in [0.25, 0.3) is 0 Å². The van der Waals surface area contributed by atoms with E-state index in [9.17, 15) is 0 Å². The standard InChI is InChI=1S/Cr.H2O.2O/h;1H2;;/q+4;;2*-2. The zero-order valence-corrected chi connectivity index (χ0v) is 3.00. The molecule has 4 heteroatoms. The Bertz CT molecular complexity index is 3.25. The minimum absolute atomic E-state index is 0. The molecule has 0 unspecified atom stereocenters. The maximum atomic E-state index is 0. The molecule has 4 heavy (non-hydrogen) atoms. The molecule has 0 saturated heterocycles. The molecule has 0 aromatic carbocycles. The first-order chi connectivity index (χ1) is 0. The van der Waals surface area contributed by atoms with Gasteiger partial charge >= 0.3 is 17.4 Å². The van der Waals surface area contributed by atoms with Crippen LogP contribution in [0, 0.1) is 0 Å². The first kappa shape index (κ1) is 302. The minimum Gasteiger partial charge on any atom is -2.00 e. The van der Waals surface area contributed by atoms with Gasteiger partial charge in [0.15, 0.2) is 0 Å². The molecular formula is H2CrO3. The first-order valence-corrected chi connectivity index (χ1v) is 0. The number of hydrogen-bond acceptors (Lipinski definition) is 0. The van der Waals surface area contributed by atoms with E-state index in [0.29, 0.717) is 0 Å². The summed E-state index contributed by atoms with van der Waals surface area (Å²) in [6, 6.07) is 0. The van der Waals surface area contributed by atoms with Crippen LogP contribution < -0.4 is 0 Å². The van der Waals surface area contributed by atoms with Gasteiger partial charge in [0.1, 0.15) is 0 Å². The maximum absolute atomic E-state index is 0. The second-order valence-corrected chi connectivity index (χ2v) is 0. The summed E-state index contributed by atoms with van der Waals surface area (Å²) in [5, 5.41) is 0. The molecule has 0 radical (unpaired) electrons. The maximum Gasteiger partial charge on any atom is 4.00 e. The summed E-state index contributed by atoms with van der Waals surface area (Å²) in [6.45, 7) is 0. The Morgan fingerprint density at radius 3 is 0.750 bits per heavy atom. The summed E-state index contributed by atoms with van der Waals surface area (Å²) in [5.41, 5.74) is 0. The van der Waals surface area contributed by atoms with Crippen LogP contribution in [0.2, 0.25) is 0 Å². The molecule has 26 valence electrons. The van der Waals surface area contributed by atoms with Crippen LogP contribution in [0.25, 0.3) is 0 Å². The van der Waals surface area contributed by atoms with Crippen molar-refractivity contribution in [2.75, 3.05) is 0 Å². The Morgan fingerprint density at radius 1 is 0.750 bits per heavy atom. The fourth-order valence-electron chi connectivity index (χ4n) is 0. The molecule has 0 fully saturated rings. The molecule has 0 aliphatic heterocycles. The SMILES string of the molecule is O.[Cr+4].[O-2].[O-2]. The van der Waals surface area contributed by atoms with Gasteiger partial charge < -0.3 is 16.4 Å². The van der Waals surface area contributed by atoms with Crippen LogP contribution in [0.5, 0.6) is 0 Å². The van der Waals surface area contributed by atoms with Crippen LogP contribution in [0.15, 0.2) is 0 Å². The van der Waals surface area contributed by atoms with Gasteiger partial charge in [-0.05, 0) is 0 Å². The molecule has 0 aliphatic carbocycles. The molecule has 0 aromatic rings. The predicted octanol–water partition coefficient (Wildman–Crippen LogP) is -1.06. The van der Waals surface area contributed by atoms with Crippen LogP contribution in [-0.2, 0) is 28.3 Å². The van der Waals surface area contributed by atoms with E-state index in [1.165, 1.54) is 0 Å². The van der Waals surface area contributed by atoms with E-state index in [2.05, 4.69) is 0 Å². The Kier molecular flexibility index (Phi) is 8810. The van der Waals surface area contributed by atoms with Gasteiger partial charge in [0, 0.05) is 0 Å². The summed E-state index contributed by atoms with van der Waals surface area (Å²) in [7, 11) is 0. The largest absolute Gasteiger partial charge is 4.00 e. The van der Waals surface area contributed by atoms with Crippen molar-refractivity contribution >= 4 is 0 Å². The number of hydrogen-bond donors (Lipinski definition) is 0. The Balaban J connectivity index is 0. The third kappa shape index (κ3) is 28.3. The van der Waals surface area contributed by atoms with Crippen molar-refractivity contribution in [2.45, 2.75) is 0 Å². The van der Waals surface area contributed by atoms with Crippen LogP contribution in [0.4, 0.5) is 0 Å². The van der Waals surface area contributed by atoms with E-state index in [1.54, 1.807) is 0 Å². The van der Waals surface area contributed by atoms with Gasteiger partial charge in [0.2, 0.25) is 0 Å². The fourth-order valence-corrected chi connectivity index (χ4v) is 0. The summed E-state index contributed by atoms with van der Waals surface area (Å²) in [4.78, 5) is 0. The van der Waals surface area contributed by atoms with Crippen LogP contribution in [-0.4, -0.2) is 5.48 Å². The predicted molar refractivity (Wildman–Crippen MR) is 4.99 cm³/mol. The molecule has 3 nitrogen and oxygen atoms in total. The number of rotatable bonds is 0. The van der Waals surface area contributed by atoms with E-state index >= 15 is 0 Å². The Morgan fingerprint density at radius 2 is 0.750 bits per heavy atom. The van der Waals surface area contributed by atoms with Gasteiger partial charge in [-0.3, -0.25) is 0 Å². The van der Waals surface area contributed by atoms with Crippen molar-refractivity contribution in [3.63, 3.8) is 0 Å². The van der Waals surface area contributed by atoms with Gasteiger partial charge in [0.05, 0.1) is 0 Å². The second kappa shape index (κ2) is 117. The van der Waals surface area contributed by atoms with Crippen molar-refractivity contribution in [3.05, 3.63) is 0 Å². The third-order valence-corrected chi connectivity index (χ3v) is 0. The normalized spacial score (nSPS) is 0. The topological polar surface area (TPSA) is 88.5 Å². The molecule has 0 rings (SSSR count). The quantitative estimate of drug-likeness (QED) is 0.373. The molecule has 0 spiro atoms. The van der Waals surface area contributed by atoms with Crippen molar-refractivity contribution in [2.24, 2.45) is 0 Å². The molecule has 0 bridgehead atoms. The molecule has 0 saturated carbocycles. The smallest absolute Gasteiger partial charge is 2.00 e. The zero-order chi connectivity index (χ0) is 0. The van der Waals surface area contributed by atoms with Crippen molar-refractivity contribution in [3.8, 4) is 0 Å². The fraction of sp³-hybridized carbons (Fsp3) is 0. The van der Waals surface area contributed by atoms with Gasteiger partial charge in [-0.2, -0.15) is 0 Å². The van der Waals surface area contributed by atoms with Gasteiger partial charge in [-0.1, -0.05) is 0 Å². The van der Waals surface area contributed by atoms with E-state index in [0.717, 1.165) is 0 Å². The minimum atomic E-state index is 0. The Hall–Kier alpha value is 0.412. The van der Waals surface area contributed by atoms with Crippen LogP contribution >= 0.6 is 0 Å².